The molecule has 109 heavy (non-hydrogen) atoms. The van der Waals surface area contributed by atoms with Crippen LogP contribution in [-0.2, 0) is 92.8 Å². The highest BCUT2D eigenvalue weighted by Gasteiger charge is 2.29. The zero-order chi connectivity index (χ0) is 77.6. The maximum absolute atomic E-state index is 12.1. The van der Waals surface area contributed by atoms with E-state index in [0.29, 0.717) is 132 Å². The maximum atomic E-state index is 12.1. The minimum atomic E-state index is -0.655. The van der Waals surface area contributed by atoms with E-state index >= 15 is 0 Å². The Hall–Kier alpha value is -11.3. The van der Waals surface area contributed by atoms with Crippen LogP contribution in [0.5, 0.6) is 40.2 Å². The molecule has 29 nitrogen and oxygen atoms in total. The van der Waals surface area contributed by atoms with Crippen LogP contribution in [0.1, 0.15) is 98.8 Å². The molecule has 4 heterocycles. The van der Waals surface area contributed by atoms with Crippen molar-refractivity contribution >= 4 is 53.1 Å². The van der Waals surface area contributed by atoms with Crippen molar-refractivity contribution in [3.63, 3.8) is 0 Å². The SMILES string of the molecule is COCOc1cc(COC(=O)Nc2ccc(C)cc2)ccc1C1OCCO1.COc1cc(C2OCCO2)c(O)cc1COC(=O)Nc1ccc(C)cc1.COc1cc(C2OCCO2)c(OC(C)=O)cc1COC(=O)Nc1ccc(C)cc1.COc1cc(C2OCCO2)c(OC)cc1COC(=O)Nc1ccc(C)cc1. The predicted molar refractivity (Wildman–Crippen MR) is 396 cm³/mol. The number of rotatable bonds is 24. The van der Waals surface area contributed by atoms with Crippen LogP contribution in [0.25, 0.3) is 0 Å². The highest BCUT2D eigenvalue weighted by molar-refractivity contribution is 5.86. The summed E-state index contributed by atoms with van der Waals surface area (Å²) >= 11 is 0. The van der Waals surface area contributed by atoms with Gasteiger partial charge in [-0.2, -0.15) is 0 Å². The van der Waals surface area contributed by atoms with Crippen molar-refractivity contribution in [2.75, 3.05) is 116 Å². The summed E-state index contributed by atoms with van der Waals surface area (Å²) in [6, 6.07) is 45.0. The molecule has 0 saturated carbocycles. The van der Waals surface area contributed by atoms with Crippen LogP contribution in [-0.4, -0.2) is 131 Å². The van der Waals surface area contributed by atoms with E-state index in [2.05, 4.69) is 21.3 Å². The molecular weight excluding hydrogens is 1420 g/mol. The van der Waals surface area contributed by atoms with Crippen molar-refractivity contribution in [2.24, 2.45) is 0 Å². The largest absolute Gasteiger partial charge is 0.507 e. The van der Waals surface area contributed by atoms with Gasteiger partial charge >= 0.3 is 30.3 Å². The normalized spacial score (nSPS) is 14.0. The Morgan fingerprint density at radius 2 is 0.670 bits per heavy atom. The third-order valence-electron chi connectivity index (χ3n) is 16.3. The van der Waals surface area contributed by atoms with E-state index in [1.165, 1.54) is 27.2 Å². The number of hydrogen-bond acceptors (Lipinski definition) is 25. The number of phenolic OH excluding ortho intramolecular Hbond substituents is 1. The van der Waals surface area contributed by atoms with Crippen molar-refractivity contribution < 1.29 is 119 Å². The highest BCUT2D eigenvalue weighted by atomic mass is 16.7. The lowest BCUT2D eigenvalue weighted by Crippen LogP contribution is -2.14. The molecule has 580 valence electrons. The molecule has 8 aromatic rings. The summed E-state index contributed by atoms with van der Waals surface area (Å²) in [5, 5.41) is 20.9. The van der Waals surface area contributed by atoms with E-state index in [-0.39, 0.29) is 44.7 Å². The Bertz CT molecular complexity index is 4270. The second-order valence-corrected chi connectivity index (χ2v) is 24.4. The van der Waals surface area contributed by atoms with Crippen molar-refractivity contribution in [1.82, 2.24) is 0 Å². The quantitative estimate of drug-likeness (QED) is 0.0162. The van der Waals surface area contributed by atoms with Crippen molar-refractivity contribution in [3.05, 3.63) is 218 Å². The average Bonchev–Trinajstić information content (AvgIpc) is 1.78. The first-order valence-corrected chi connectivity index (χ1v) is 34.5. The summed E-state index contributed by atoms with van der Waals surface area (Å²) in [5.74, 6) is 2.42. The molecule has 0 spiro atoms. The zero-order valence-corrected chi connectivity index (χ0v) is 62.2. The van der Waals surface area contributed by atoms with E-state index < -0.39 is 55.5 Å². The second-order valence-electron chi connectivity index (χ2n) is 24.4. The van der Waals surface area contributed by atoms with Gasteiger partial charge in [-0.05, 0) is 130 Å². The lowest BCUT2D eigenvalue weighted by atomic mass is 10.1. The minimum absolute atomic E-state index is 0.00440. The summed E-state index contributed by atoms with van der Waals surface area (Å²) in [6.45, 7) is 13.2. The summed E-state index contributed by atoms with van der Waals surface area (Å²) in [6.07, 6.45) is -4.51. The van der Waals surface area contributed by atoms with Gasteiger partial charge in [-0.1, -0.05) is 76.9 Å². The molecule has 4 saturated heterocycles. The summed E-state index contributed by atoms with van der Waals surface area (Å²) in [4.78, 5) is 59.6. The molecule has 4 aliphatic rings. The molecular formula is C80H90N4O25. The number of hydrogen-bond donors (Lipinski definition) is 5. The number of carbonyl (C=O) groups excluding carboxylic acids is 5. The van der Waals surface area contributed by atoms with Crippen LogP contribution in [0.2, 0.25) is 0 Å². The van der Waals surface area contributed by atoms with Crippen LogP contribution in [0.4, 0.5) is 41.9 Å². The molecule has 29 heteroatoms. The number of esters is 1. The van der Waals surface area contributed by atoms with Crippen LogP contribution in [0, 0.1) is 27.7 Å². The van der Waals surface area contributed by atoms with E-state index in [4.69, 9.17) is 90.0 Å². The lowest BCUT2D eigenvalue weighted by Gasteiger charge is -2.18. The van der Waals surface area contributed by atoms with Gasteiger partial charge in [0, 0.05) is 59.0 Å². The average molecular weight is 1510 g/mol. The molecule has 0 atom stereocenters. The number of benzene rings is 8. The Balaban J connectivity index is 0.000000168. The first kappa shape index (κ1) is 81.8. The van der Waals surface area contributed by atoms with Crippen LogP contribution >= 0.6 is 0 Å². The third-order valence-corrected chi connectivity index (χ3v) is 16.3. The van der Waals surface area contributed by atoms with Gasteiger partial charge in [0.15, 0.2) is 32.0 Å². The molecule has 0 radical (unpaired) electrons. The second kappa shape index (κ2) is 41.8. The number of aromatic hydroxyl groups is 1. The molecule has 4 fully saturated rings. The number of aryl methyl sites for hydroxylation is 4. The number of nitrogens with one attached hydrogen (secondary N) is 4. The first-order valence-electron chi connectivity index (χ1n) is 34.5. The van der Waals surface area contributed by atoms with Gasteiger partial charge in [0.2, 0.25) is 0 Å². The number of carbonyl (C=O) groups is 5. The third kappa shape index (κ3) is 25.2. The van der Waals surface area contributed by atoms with E-state index in [9.17, 15) is 29.1 Å². The molecule has 4 amide bonds. The summed E-state index contributed by atoms with van der Waals surface area (Å²) < 4.78 is 103. The molecule has 8 aromatic carbocycles. The number of phenols is 1. The minimum Gasteiger partial charge on any atom is -0.507 e. The molecule has 0 aliphatic carbocycles. The number of methoxy groups -OCH3 is 5. The fraction of sp³-hybridized carbons (Fsp3) is 0.338. The van der Waals surface area contributed by atoms with Crippen LogP contribution in [0.3, 0.4) is 0 Å². The molecule has 0 aromatic heterocycles. The first-order chi connectivity index (χ1) is 52.8. The Labute approximate surface area is 630 Å². The van der Waals surface area contributed by atoms with Gasteiger partial charge in [-0.25, -0.2) is 19.2 Å². The van der Waals surface area contributed by atoms with E-state index in [1.807, 2.05) is 113 Å². The van der Waals surface area contributed by atoms with Crippen LogP contribution in [0.15, 0.2) is 152 Å². The molecule has 12 rings (SSSR count). The fourth-order valence-electron chi connectivity index (χ4n) is 10.8. The van der Waals surface area contributed by atoms with Crippen molar-refractivity contribution in [3.8, 4) is 40.2 Å². The van der Waals surface area contributed by atoms with Crippen LogP contribution < -0.4 is 49.7 Å². The highest BCUT2D eigenvalue weighted by Crippen LogP contribution is 2.41. The van der Waals surface area contributed by atoms with Crippen molar-refractivity contribution in [1.29, 1.82) is 0 Å². The smallest absolute Gasteiger partial charge is 0.411 e. The van der Waals surface area contributed by atoms with Gasteiger partial charge in [-0.15, -0.1) is 0 Å². The number of anilines is 4. The Kier molecular flexibility index (Phi) is 31.3. The Morgan fingerprint density at radius 1 is 0.358 bits per heavy atom. The standard InChI is InChI=1S/C21H23NO7.2C20H23NO6.C19H21NO6/c1-13-4-6-16(7-5-13)22-21(24)28-12-15-10-19(29-14(2)23)17(11-18(15)25-3)20-26-8-9-27-20;1-13-4-6-15(7-5-13)21-20(22)27-12-14-10-18(24-3)16(11-17(14)23-2)19-25-8-9-26-19;1-14-3-6-16(7-4-14)21-20(22)26-12-15-5-8-17(19-24-9-10-25-19)18(11-15)27-13-23-2;1-12-3-5-14(6-4-12)20-19(22)26-11-13-9-16(21)15(10-17(13)23-2)18-24-7-8-25-18/h4-7,10-11,20H,8-9,12H2,1-3H3,(H,22,24);4-7,10-11,19H,8-9,12H2,1-3H3,(H,21,22);3-8,11,19H,9-10,12-13H2,1-2H3,(H,21,22);3-6,9-10,18,21H,7-8,11H2,1-2H3,(H,20,22). The number of ether oxygens (including phenoxy) is 19. The van der Waals surface area contributed by atoms with E-state index in [0.717, 1.165) is 38.9 Å². The topological polar surface area (TPSA) is 329 Å². The van der Waals surface area contributed by atoms with Gasteiger partial charge < -0.3 is 95.1 Å². The molecule has 5 N–H and O–H groups in total. The maximum Gasteiger partial charge on any atom is 0.411 e. The van der Waals surface area contributed by atoms with Gasteiger partial charge in [-0.3, -0.25) is 26.1 Å². The summed E-state index contributed by atoms with van der Waals surface area (Å²) in [5.41, 5.74) is 12.1. The van der Waals surface area contributed by atoms with E-state index in [1.54, 1.807) is 82.0 Å². The predicted octanol–water partition coefficient (Wildman–Crippen LogP) is 14.8. The Morgan fingerprint density at radius 3 is 1.02 bits per heavy atom. The summed E-state index contributed by atoms with van der Waals surface area (Å²) in [7, 11) is 7.66. The van der Waals surface area contributed by atoms with Gasteiger partial charge in [0.25, 0.3) is 0 Å². The zero-order valence-electron chi connectivity index (χ0n) is 62.2. The number of amides is 4. The lowest BCUT2D eigenvalue weighted by molar-refractivity contribution is -0.132. The van der Waals surface area contributed by atoms with Gasteiger partial charge in [0.05, 0.1) is 98.0 Å². The van der Waals surface area contributed by atoms with Crippen molar-refractivity contribution in [2.45, 2.75) is 86.2 Å². The fourth-order valence-corrected chi connectivity index (χ4v) is 10.8. The molecule has 0 bridgehead atoms. The van der Waals surface area contributed by atoms with Gasteiger partial charge in [0.1, 0.15) is 66.7 Å². The monoisotopic (exact) mass is 1510 g/mol. The molecule has 0 unspecified atom stereocenters. The molecule has 4 aliphatic heterocycles.